The molecule has 146 valence electrons. The van der Waals surface area contributed by atoms with Crippen LogP contribution in [0.4, 0.5) is 5.82 Å². The molecule has 26 heavy (non-hydrogen) atoms. The minimum atomic E-state index is 0. The topological polar surface area (TPSA) is 75.8 Å². The molecule has 1 aliphatic heterocycles. The largest absolute Gasteiger partial charge is 0.372 e. The van der Waals surface area contributed by atoms with Gasteiger partial charge in [-0.05, 0) is 38.3 Å². The summed E-state index contributed by atoms with van der Waals surface area (Å²) in [4.78, 5) is 11.4. The van der Waals surface area contributed by atoms with Gasteiger partial charge in [0.15, 0.2) is 5.96 Å². The number of hydrogen-bond acceptors (Lipinski definition) is 4. The standard InChI is InChI=1S/C19H31N5O.HI/c1-14-12-24(13-15(2)25-14)18-9-8-16(10-21-18)11-22-19(20)23-17-6-4-3-5-7-17;/h8-10,14-15,17H,3-7,11-13H2,1-2H3,(H3,20,22,23);1H. The summed E-state index contributed by atoms with van der Waals surface area (Å²) in [5.41, 5.74) is 7.10. The summed E-state index contributed by atoms with van der Waals surface area (Å²) in [6.45, 7) is 6.54. The number of rotatable bonds is 4. The van der Waals surface area contributed by atoms with Gasteiger partial charge in [0.25, 0.3) is 0 Å². The summed E-state index contributed by atoms with van der Waals surface area (Å²) in [6, 6.07) is 4.65. The number of halogens is 1. The minimum absolute atomic E-state index is 0. The van der Waals surface area contributed by atoms with E-state index in [-0.39, 0.29) is 36.2 Å². The van der Waals surface area contributed by atoms with Gasteiger partial charge in [-0.3, -0.25) is 0 Å². The number of morpholine rings is 1. The van der Waals surface area contributed by atoms with Crippen molar-refractivity contribution in [2.45, 2.75) is 70.7 Å². The summed E-state index contributed by atoms with van der Waals surface area (Å²) in [5, 5.41) is 3.35. The maximum Gasteiger partial charge on any atom is 0.189 e. The fourth-order valence-electron chi connectivity index (χ4n) is 3.74. The fourth-order valence-corrected chi connectivity index (χ4v) is 3.74. The molecule has 2 unspecified atom stereocenters. The molecule has 0 amide bonds. The molecule has 3 N–H and O–H groups in total. The molecule has 1 aromatic rings. The van der Waals surface area contributed by atoms with Crippen molar-refractivity contribution >= 4 is 35.8 Å². The first-order valence-corrected chi connectivity index (χ1v) is 9.52. The maximum atomic E-state index is 6.03. The predicted octanol–water partition coefficient (Wildman–Crippen LogP) is 3.05. The highest BCUT2D eigenvalue weighted by molar-refractivity contribution is 14.0. The van der Waals surface area contributed by atoms with Crippen molar-refractivity contribution < 1.29 is 4.74 Å². The van der Waals surface area contributed by atoms with Crippen LogP contribution < -0.4 is 16.0 Å². The van der Waals surface area contributed by atoms with Crippen LogP contribution >= 0.6 is 24.0 Å². The average Bonchev–Trinajstić information content (AvgIpc) is 2.60. The molecule has 0 bridgehead atoms. The minimum Gasteiger partial charge on any atom is -0.372 e. The normalized spacial score (nSPS) is 24.8. The average molecular weight is 473 g/mol. The number of aliphatic imine (C=N–C) groups is 1. The molecule has 2 heterocycles. The van der Waals surface area contributed by atoms with E-state index in [0.717, 1.165) is 24.5 Å². The zero-order chi connectivity index (χ0) is 17.6. The van der Waals surface area contributed by atoms with E-state index >= 15 is 0 Å². The number of nitrogens with zero attached hydrogens (tertiary/aromatic N) is 3. The van der Waals surface area contributed by atoms with Crippen molar-refractivity contribution in [2.24, 2.45) is 10.7 Å². The molecule has 1 aromatic heterocycles. The quantitative estimate of drug-likeness (QED) is 0.400. The molecule has 7 heteroatoms. The Kier molecular flexibility index (Phi) is 8.40. The number of guanidine groups is 1. The Morgan fingerprint density at radius 1 is 1.23 bits per heavy atom. The smallest absolute Gasteiger partial charge is 0.189 e. The van der Waals surface area contributed by atoms with Gasteiger partial charge >= 0.3 is 0 Å². The molecule has 0 spiro atoms. The molecule has 2 atom stereocenters. The zero-order valence-electron chi connectivity index (χ0n) is 15.9. The predicted molar refractivity (Wildman–Crippen MR) is 117 cm³/mol. The van der Waals surface area contributed by atoms with Gasteiger partial charge in [-0.25, -0.2) is 9.98 Å². The van der Waals surface area contributed by atoms with Crippen LogP contribution in [-0.4, -0.2) is 42.3 Å². The molecule has 6 nitrogen and oxygen atoms in total. The Bertz CT molecular complexity index is 564. The van der Waals surface area contributed by atoms with Gasteiger partial charge in [-0.2, -0.15) is 0 Å². The lowest BCUT2D eigenvalue weighted by molar-refractivity contribution is -0.00545. The zero-order valence-corrected chi connectivity index (χ0v) is 18.2. The highest BCUT2D eigenvalue weighted by Gasteiger charge is 2.22. The van der Waals surface area contributed by atoms with E-state index in [9.17, 15) is 0 Å². The molecule has 1 aliphatic carbocycles. The van der Waals surface area contributed by atoms with Crippen LogP contribution in [0.5, 0.6) is 0 Å². The summed E-state index contributed by atoms with van der Waals surface area (Å²) < 4.78 is 5.78. The molecule has 0 radical (unpaired) electrons. The molecule has 3 rings (SSSR count). The van der Waals surface area contributed by atoms with E-state index in [0.29, 0.717) is 18.5 Å². The number of anilines is 1. The Labute approximate surface area is 174 Å². The SMILES string of the molecule is CC1CN(c2ccc(CN=C(N)NC3CCCCC3)cn2)CC(C)O1.I. The van der Waals surface area contributed by atoms with Crippen LogP contribution in [0.25, 0.3) is 0 Å². The Morgan fingerprint density at radius 2 is 1.92 bits per heavy atom. The third-order valence-electron chi connectivity index (χ3n) is 4.94. The lowest BCUT2D eigenvalue weighted by Gasteiger charge is -2.36. The van der Waals surface area contributed by atoms with E-state index in [1.165, 1.54) is 32.1 Å². The van der Waals surface area contributed by atoms with E-state index in [1.807, 2.05) is 6.20 Å². The van der Waals surface area contributed by atoms with Crippen LogP contribution in [-0.2, 0) is 11.3 Å². The molecule has 2 fully saturated rings. The number of nitrogens with one attached hydrogen (secondary N) is 1. The summed E-state index contributed by atoms with van der Waals surface area (Å²) in [5.74, 6) is 1.55. The first-order chi connectivity index (χ1) is 12.1. The number of pyridine rings is 1. The van der Waals surface area contributed by atoms with Crippen LogP contribution in [0.2, 0.25) is 0 Å². The van der Waals surface area contributed by atoms with Gasteiger partial charge in [0.05, 0.1) is 18.8 Å². The second-order valence-corrected chi connectivity index (χ2v) is 7.37. The van der Waals surface area contributed by atoms with Crippen LogP contribution in [0.1, 0.15) is 51.5 Å². The molecule has 1 saturated carbocycles. The van der Waals surface area contributed by atoms with Gasteiger partial charge in [-0.1, -0.05) is 25.3 Å². The summed E-state index contributed by atoms with van der Waals surface area (Å²) >= 11 is 0. The number of ether oxygens (including phenoxy) is 1. The maximum absolute atomic E-state index is 6.03. The van der Waals surface area contributed by atoms with E-state index in [4.69, 9.17) is 10.5 Å². The molecule has 2 aliphatic rings. The van der Waals surface area contributed by atoms with Gasteiger partial charge in [-0.15, -0.1) is 24.0 Å². The molecular weight excluding hydrogens is 441 g/mol. The van der Waals surface area contributed by atoms with Crippen molar-refractivity contribution in [1.82, 2.24) is 10.3 Å². The first-order valence-electron chi connectivity index (χ1n) is 9.52. The van der Waals surface area contributed by atoms with Crippen molar-refractivity contribution in [2.75, 3.05) is 18.0 Å². The summed E-state index contributed by atoms with van der Waals surface area (Å²) in [6.07, 6.45) is 8.68. The van der Waals surface area contributed by atoms with Gasteiger partial charge in [0, 0.05) is 25.3 Å². The molecular formula is C19H32IN5O. The Morgan fingerprint density at radius 3 is 2.54 bits per heavy atom. The van der Waals surface area contributed by atoms with Crippen molar-refractivity contribution in [1.29, 1.82) is 0 Å². The third-order valence-corrected chi connectivity index (χ3v) is 4.94. The van der Waals surface area contributed by atoms with E-state index in [2.05, 4.69) is 46.2 Å². The number of aromatic nitrogens is 1. The van der Waals surface area contributed by atoms with Crippen LogP contribution in [0.3, 0.4) is 0 Å². The first kappa shape index (κ1) is 21.2. The fraction of sp³-hybridized carbons (Fsp3) is 0.684. The Balaban J connectivity index is 0.00000243. The Hall–Kier alpha value is -1.09. The van der Waals surface area contributed by atoms with Crippen molar-refractivity contribution in [3.63, 3.8) is 0 Å². The highest BCUT2D eigenvalue weighted by atomic mass is 127. The lowest BCUT2D eigenvalue weighted by Crippen LogP contribution is -2.45. The molecule has 1 saturated heterocycles. The van der Waals surface area contributed by atoms with Gasteiger partial charge in [0.1, 0.15) is 5.82 Å². The van der Waals surface area contributed by atoms with Crippen molar-refractivity contribution in [3.05, 3.63) is 23.9 Å². The third kappa shape index (κ3) is 6.26. The van der Waals surface area contributed by atoms with Gasteiger partial charge < -0.3 is 20.7 Å². The second-order valence-electron chi connectivity index (χ2n) is 7.37. The van der Waals surface area contributed by atoms with Crippen molar-refractivity contribution in [3.8, 4) is 0 Å². The van der Waals surface area contributed by atoms with Crippen LogP contribution in [0.15, 0.2) is 23.3 Å². The van der Waals surface area contributed by atoms with Gasteiger partial charge in [0.2, 0.25) is 0 Å². The lowest BCUT2D eigenvalue weighted by atomic mass is 9.96. The van der Waals surface area contributed by atoms with E-state index < -0.39 is 0 Å². The number of nitrogens with two attached hydrogens (primary N) is 1. The highest BCUT2D eigenvalue weighted by Crippen LogP contribution is 2.19. The monoisotopic (exact) mass is 473 g/mol. The second kappa shape index (κ2) is 10.3. The number of hydrogen-bond donors (Lipinski definition) is 2. The van der Waals surface area contributed by atoms with Crippen LogP contribution in [0, 0.1) is 0 Å². The molecule has 0 aromatic carbocycles. The van der Waals surface area contributed by atoms with E-state index in [1.54, 1.807) is 0 Å². The summed E-state index contributed by atoms with van der Waals surface area (Å²) in [7, 11) is 0.